The fourth-order valence-electron chi connectivity index (χ4n) is 1.68. The van der Waals surface area contributed by atoms with Crippen LogP contribution in [-0.2, 0) is 9.59 Å². The van der Waals surface area contributed by atoms with E-state index in [1.54, 1.807) is 0 Å². The van der Waals surface area contributed by atoms with E-state index in [4.69, 9.17) is 27.7 Å². The predicted octanol–water partition coefficient (Wildman–Crippen LogP) is 0.0939. The maximum Gasteiger partial charge on any atom is 0.234 e. The minimum atomic E-state index is -0.757. The van der Waals surface area contributed by atoms with Gasteiger partial charge in [0, 0.05) is 12.5 Å². The van der Waals surface area contributed by atoms with Gasteiger partial charge in [-0.1, -0.05) is 18.2 Å². The quantitative estimate of drug-likeness (QED) is 0.561. The number of rotatable bonds is 7. The molecule has 0 bridgehead atoms. The second kappa shape index (κ2) is 10.6. The van der Waals surface area contributed by atoms with Gasteiger partial charge in [0.05, 0.1) is 6.04 Å². The summed E-state index contributed by atoms with van der Waals surface area (Å²) < 4.78 is 5.60. The second-order valence-electron chi connectivity index (χ2n) is 5.52. The zero-order chi connectivity index (χ0) is 18.0. The van der Waals surface area contributed by atoms with E-state index in [2.05, 4.69) is 0 Å². The number of carbonyl (C=O) groups is 2. The van der Waals surface area contributed by atoms with Crippen LogP contribution in [0.2, 0.25) is 0 Å². The average molecular weight is 324 g/mol. The SMILES string of the molecule is Cc1cccc(C)c1OCC(C)N.NC(=O)CCC(N)C(N)=O. The third kappa shape index (κ3) is 9.49. The van der Waals surface area contributed by atoms with Crippen molar-refractivity contribution in [2.45, 2.75) is 45.7 Å². The Morgan fingerprint density at radius 2 is 1.65 bits per heavy atom. The van der Waals surface area contributed by atoms with E-state index >= 15 is 0 Å². The molecule has 7 nitrogen and oxygen atoms in total. The molecule has 2 atom stereocenters. The molecule has 0 saturated heterocycles. The summed E-state index contributed by atoms with van der Waals surface area (Å²) in [6.45, 7) is 6.60. The molecule has 1 aromatic carbocycles. The monoisotopic (exact) mass is 324 g/mol. The van der Waals surface area contributed by atoms with E-state index in [-0.39, 0.29) is 18.9 Å². The third-order valence-electron chi connectivity index (χ3n) is 2.97. The summed E-state index contributed by atoms with van der Waals surface area (Å²) in [6, 6.07) is 5.45. The van der Waals surface area contributed by atoms with Gasteiger partial charge < -0.3 is 27.7 Å². The Hall–Kier alpha value is -2.12. The molecule has 0 radical (unpaired) electrons. The fourth-order valence-corrected chi connectivity index (χ4v) is 1.68. The smallest absolute Gasteiger partial charge is 0.234 e. The minimum absolute atomic E-state index is 0.0824. The van der Waals surface area contributed by atoms with Gasteiger partial charge in [-0.2, -0.15) is 0 Å². The van der Waals surface area contributed by atoms with Crippen LogP contribution in [0.25, 0.3) is 0 Å². The largest absolute Gasteiger partial charge is 0.491 e. The Labute approximate surface area is 137 Å². The molecule has 1 rings (SSSR count). The molecule has 0 heterocycles. The number of primary amides is 2. The molecule has 7 heteroatoms. The molecule has 0 saturated carbocycles. The third-order valence-corrected chi connectivity index (χ3v) is 2.97. The van der Waals surface area contributed by atoms with E-state index in [9.17, 15) is 9.59 Å². The highest BCUT2D eigenvalue weighted by Crippen LogP contribution is 2.22. The Morgan fingerprint density at radius 3 is 2.04 bits per heavy atom. The van der Waals surface area contributed by atoms with E-state index < -0.39 is 17.9 Å². The first-order valence-corrected chi connectivity index (χ1v) is 7.43. The summed E-state index contributed by atoms with van der Waals surface area (Å²) in [6.07, 6.45) is 0.328. The number of hydrogen-bond acceptors (Lipinski definition) is 5. The number of para-hydroxylation sites is 1. The summed E-state index contributed by atoms with van der Waals surface area (Å²) in [7, 11) is 0. The van der Waals surface area contributed by atoms with E-state index in [1.807, 2.05) is 39.0 Å². The zero-order valence-corrected chi connectivity index (χ0v) is 14.0. The number of aryl methyl sites for hydroxylation is 2. The van der Waals surface area contributed by atoms with Crippen LogP contribution in [0.5, 0.6) is 5.75 Å². The lowest BCUT2D eigenvalue weighted by Gasteiger charge is -2.13. The molecule has 1 aromatic rings. The van der Waals surface area contributed by atoms with E-state index in [1.165, 1.54) is 11.1 Å². The van der Waals surface area contributed by atoms with Crippen molar-refractivity contribution in [1.82, 2.24) is 0 Å². The van der Waals surface area contributed by atoms with Crippen LogP contribution in [0.15, 0.2) is 18.2 Å². The van der Waals surface area contributed by atoms with Gasteiger partial charge in [0.2, 0.25) is 11.8 Å². The first-order chi connectivity index (χ1) is 10.6. The lowest BCUT2D eigenvalue weighted by Crippen LogP contribution is -2.37. The Balaban J connectivity index is 0.000000438. The van der Waals surface area contributed by atoms with Gasteiger partial charge >= 0.3 is 0 Å². The molecule has 0 fully saturated rings. The highest BCUT2D eigenvalue weighted by molar-refractivity contribution is 5.81. The minimum Gasteiger partial charge on any atom is -0.491 e. The highest BCUT2D eigenvalue weighted by atomic mass is 16.5. The average Bonchev–Trinajstić information content (AvgIpc) is 2.44. The molecule has 23 heavy (non-hydrogen) atoms. The number of amides is 2. The summed E-state index contributed by atoms with van der Waals surface area (Å²) >= 11 is 0. The lowest BCUT2D eigenvalue weighted by atomic mass is 10.1. The Bertz CT molecular complexity index is 498. The van der Waals surface area contributed by atoms with Crippen LogP contribution < -0.4 is 27.7 Å². The lowest BCUT2D eigenvalue weighted by molar-refractivity contribution is -0.120. The molecular weight excluding hydrogens is 296 g/mol. The summed E-state index contributed by atoms with van der Waals surface area (Å²) in [5.41, 5.74) is 22.7. The van der Waals surface area contributed by atoms with Crippen LogP contribution >= 0.6 is 0 Å². The Morgan fingerprint density at radius 1 is 1.13 bits per heavy atom. The zero-order valence-electron chi connectivity index (χ0n) is 14.0. The van der Waals surface area contributed by atoms with Gasteiger partial charge in [-0.3, -0.25) is 9.59 Å². The molecule has 2 amide bonds. The van der Waals surface area contributed by atoms with Gasteiger partial charge in [0.25, 0.3) is 0 Å². The maximum atomic E-state index is 10.3. The molecule has 0 aliphatic heterocycles. The topological polar surface area (TPSA) is 147 Å². The van der Waals surface area contributed by atoms with Gasteiger partial charge in [0.15, 0.2) is 0 Å². The van der Waals surface area contributed by atoms with Crippen molar-refractivity contribution in [2.24, 2.45) is 22.9 Å². The van der Waals surface area contributed by atoms with Crippen LogP contribution in [0.1, 0.15) is 30.9 Å². The fraction of sp³-hybridized carbons (Fsp3) is 0.500. The van der Waals surface area contributed by atoms with Crippen LogP contribution in [0, 0.1) is 13.8 Å². The van der Waals surface area contributed by atoms with Gasteiger partial charge in [-0.05, 0) is 38.3 Å². The summed E-state index contributed by atoms with van der Waals surface area (Å²) in [5, 5.41) is 0. The van der Waals surface area contributed by atoms with Crippen molar-refractivity contribution in [3.63, 3.8) is 0 Å². The standard InChI is InChI=1S/C11H17NO.C5H11N3O2/c1-8-5-4-6-9(2)11(8)13-7-10(3)12;6-3(5(8)10)1-2-4(7)9/h4-6,10H,7,12H2,1-3H3;3H,1-2,6H2,(H2,7,9)(H2,8,10). The molecule has 130 valence electrons. The van der Waals surface area contributed by atoms with Crippen LogP contribution in [-0.4, -0.2) is 30.5 Å². The van der Waals surface area contributed by atoms with Gasteiger partial charge in [-0.15, -0.1) is 0 Å². The number of hydrogen-bond donors (Lipinski definition) is 4. The Kier molecular flexibility index (Phi) is 9.60. The molecular formula is C16H28N4O3. The molecule has 8 N–H and O–H groups in total. The molecule has 0 aliphatic rings. The predicted molar refractivity (Wildman–Crippen MR) is 90.7 cm³/mol. The van der Waals surface area contributed by atoms with Crippen molar-refractivity contribution >= 4 is 11.8 Å². The highest BCUT2D eigenvalue weighted by Gasteiger charge is 2.09. The second-order valence-corrected chi connectivity index (χ2v) is 5.52. The van der Waals surface area contributed by atoms with E-state index in [0.717, 1.165) is 5.75 Å². The number of ether oxygens (including phenoxy) is 1. The van der Waals surface area contributed by atoms with E-state index in [0.29, 0.717) is 6.61 Å². The number of carbonyl (C=O) groups excluding carboxylic acids is 2. The van der Waals surface area contributed by atoms with Crippen molar-refractivity contribution in [2.75, 3.05) is 6.61 Å². The summed E-state index contributed by atoms with van der Waals surface area (Å²) in [5.74, 6) is -0.113. The van der Waals surface area contributed by atoms with Crippen molar-refractivity contribution in [3.8, 4) is 5.75 Å². The molecule has 2 unspecified atom stereocenters. The summed E-state index contributed by atoms with van der Waals surface area (Å²) in [4.78, 5) is 20.4. The van der Waals surface area contributed by atoms with Crippen molar-refractivity contribution in [3.05, 3.63) is 29.3 Å². The first kappa shape index (κ1) is 20.9. The number of nitrogens with two attached hydrogens (primary N) is 4. The van der Waals surface area contributed by atoms with Gasteiger partial charge in [0.1, 0.15) is 12.4 Å². The normalized spacial score (nSPS) is 12.6. The van der Waals surface area contributed by atoms with Crippen molar-refractivity contribution in [1.29, 1.82) is 0 Å². The maximum absolute atomic E-state index is 10.3. The first-order valence-electron chi connectivity index (χ1n) is 7.43. The van der Waals surface area contributed by atoms with Crippen LogP contribution in [0.4, 0.5) is 0 Å². The van der Waals surface area contributed by atoms with Crippen molar-refractivity contribution < 1.29 is 14.3 Å². The molecule has 0 aliphatic carbocycles. The van der Waals surface area contributed by atoms with Gasteiger partial charge in [-0.25, -0.2) is 0 Å². The molecule has 0 aromatic heterocycles. The molecule has 0 spiro atoms. The number of benzene rings is 1. The van der Waals surface area contributed by atoms with Crippen LogP contribution in [0.3, 0.4) is 0 Å².